The average molecular weight is 746 g/mol. The third kappa shape index (κ3) is 4.91. The van der Waals surface area contributed by atoms with Gasteiger partial charge in [0.2, 0.25) is 5.95 Å². The highest BCUT2D eigenvalue weighted by Gasteiger charge is 2.23. The lowest BCUT2D eigenvalue weighted by Crippen LogP contribution is -2.06. The first-order valence-electron chi connectivity index (χ1n) is 19.1. The van der Waals surface area contributed by atoms with E-state index in [0.29, 0.717) is 17.6 Å². The predicted octanol–water partition coefficient (Wildman–Crippen LogP) is 13.4. The minimum Gasteiger partial charge on any atom is -0.308 e. The molecule has 0 saturated heterocycles. The highest BCUT2D eigenvalue weighted by atomic mass is 32.1. The largest absolute Gasteiger partial charge is 0.308 e. The standard InChI is InChI=1S/C51H31N5S/c1-4-15-32(16-5-1)34-19-14-20-35(31-34)50-52-49(33-17-6-2-7-18-33)53-51(54-50)56-44-26-13-11-24-38(44)40-28-30-42-41-29-27-39-37-23-10-12-25-43(37)55(36-21-8-3-9-22-36)45(39)47(41)57-48(42)46(40)56/h1-31H. The van der Waals surface area contributed by atoms with Crippen LogP contribution in [-0.4, -0.2) is 24.1 Å². The molecule has 0 aliphatic carbocycles. The Morgan fingerprint density at radius 1 is 0.333 bits per heavy atom. The molecule has 0 aliphatic heterocycles. The Bertz CT molecular complexity index is 3510. The van der Waals surface area contributed by atoms with Gasteiger partial charge in [0.25, 0.3) is 0 Å². The van der Waals surface area contributed by atoms with E-state index < -0.39 is 0 Å². The lowest BCUT2D eigenvalue weighted by molar-refractivity contribution is 0.955. The molecule has 0 amide bonds. The third-order valence-corrected chi connectivity index (χ3v) is 12.4. The maximum Gasteiger partial charge on any atom is 0.238 e. The van der Waals surface area contributed by atoms with Gasteiger partial charge < -0.3 is 4.57 Å². The third-order valence-electron chi connectivity index (χ3n) is 11.2. The van der Waals surface area contributed by atoms with Crippen LogP contribution >= 0.6 is 11.3 Å². The van der Waals surface area contributed by atoms with Crippen LogP contribution in [0.3, 0.4) is 0 Å². The molecule has 0 spiro atoms. The Morgan fingerprint density at radius 3 is 1.46 bits per heavy atom. The van der Waals surface area contributed by atoms with E-state index in [0.717, 1.165) is 44.4 Å². The molecule has 0 bridgehead atoms. The lowest BCUT2D eigenvalue weighted by Gasteiger charge is -2.12. The fourth-order valence-electron chi connectivity index (χ4n) is 8.62. The van der Waals surface area contributed by atoms with Crippen LogP contribution in [0.15, 0.2) is 188 Å². The van der Waals surface area contributed by atoms with Crippen molar-refractivity contribution in [3.05, 3.63) is 188 Å². The van der Waals surface area contributed by atoms with E-state index in [1.54, 1.807) is 0 Å². The van der Waals surface area contributed by atoms with Crippen molar-refractivity contribution in [2.24, 2.45) is 0 Å². The zero-order valence-electron chi connectivity index (χ0n) is 30.5. The van der Waals surface area contributed by atoms with E-state index in [9.17, 15) is 0 Å². The summed E-state index contributed by atoms with van der Waals surface area (Å²) in [5, 5.41) is 7.27. The Kier molecular flexibility index (Phi) is 7.03. The summed E-state index contributed by atoms with van der Waals surface area (Å²) in [4.78, 5) is 15.8. The number of fused-ring (bicyclic) bond motifs is 11. The van der Waals surface area contributed by atoms with Crippen LogP contribution in [0, 0.1) is 0 Å². The molecule has 12 aromatic rings. The Labute approximate surface area is 331 Å². The molecule has 0 radical (unpaired) electrons. The second-order valence-electron chi connectivity index (χ2n) is 14.4. The molecule has 0 fully saturated rings. The molecular formula is C51H31N5S. The summed E-state index contributed by atoms with van der Waals surface area (Å²) < 4.78 is 7.16. The van der Waals surface area contributed by atoms with Gasteiger partial charge in [-0.25, -0.2) is 4.98 Å². The predicted molar refractivity (Wildman–Crippen MR) is 238 cm³/mol. The van der Waals surface area contributed by atoms with E-state index in [-0.39, 0.29) is 0 Å². The number of hydrogen-bond donors (Lipinski definition) is 0. The SMILES string of the molecule is c1ccc(-c2cccc(-c3nc(-c4ccccc4)nc(-n4c5ccccc5c5ccc6c7ccc8c9ccccc9n(-c9ccccc9)c8c7sc6c54)n3)c2)cc1. The summed E-state index contributed by atoms with van der Waals surface area (Å²) in [5.74, 6) is 1.84. The molecular weight excluding hydrogens is 715 g/mol. The monoisotopic (exact) mass is 745 g/mol. The summed E-state index contributed by atoms with van der Waals surface area (Å²) >= 11 is 1.86. The number of nitrogens with zero attached hydrogens (tertiary/aromatic N) is 5. The number of rotatable bonds is 5. The minimum absolute atomic E-state index is 0.587. The first-order chi connectivity index (χ1) is 28.3. The number of benzene rings is 8. The van der Waals surface area contributed by atoms with Gasteiger partial charge >= 0.3 is 0 Å². The molecule has 0 atom stereocenters. The highest BCUT2D eigenvalue weighted by molar-refractivity contribution is 7.27. The molecule has 57 heavy (non-hydrogen) atoms. The maximum absolute atomic E-state index is 5.34. The summed E-state index contributed by atoms with van der Waals surface area (Å²) in [6.45, 7) is 0. The van der Waals surface area contributed by atoms with Crippen LogP contribution in [0.4, 0.5) is 0 Å². The fourth-order valence-corrected chi connectivity index (χ4v) is 10.00. The van der Waals surface area contributed by atoms with Gasteiger partial charge in [-0.05, 0) is 41.5 Å². The molecule has 0 saturated carbocycles. The van der Waals surface area contributed by atoms with Crippen molar-refractivity contribution in [1.82, 2.24) is 24.1 Å². The van der Waals surface area contributed by atoms with Gasteiger partial charge in [0.1, 0.15) is 0 Å². The van der Waals surface area contributed by atoms with Gasteiger partial charge in [-0.15, -0.1) is 11.3 Å². The Hall–Kier alpha value is -7.41. The number of thiophene rings is 1. The van der Waals surface area contributed by atoms with Crippen molar-refractivity contribution in [1.29, 1.82) is 0 Å². The van der Waals surface area contributed by atoms with Crippen molar-refractivity contribution in [2.45, 2.75) is 0 Å². The summed E-state index contributed by atoms with van der Waals surface area (Å²) in [5.41, 5.74) is 9.84. The highest BCUT2D eigenvalue weighted by Crippen LogP contribution is 2.47. The van der Waals surface area contributed by atoms with Crippen LogP contribution in [0.5, 0.6) is 0 Å². The van der Waals surface area contributed by atoms with Crippen molar-refractivity contribution >= 4 is 75.1 Å². The van der Waals surface area contributed by atoms with E-state index >= 15 is 0 Å². The van der Waals surface area contributed by atoms with Crippen LogP contribution in [-0.2, 0) is 0 Å². The molecule has 4 heterocycles. The first kappa shape index (κ1) is 31.9. The summed E-state index contributed by atoms with van der Waals surface area (Å²) in [6.07, 6.45) is 0. The Morgan fingerprint density at radius 2 is 0.807 bits per heavy atom. The van der Waals surface area contributed by atoms with Gasteiger partial charge in [0.05, 0.1) is 31.5 Å². The van der Waals surface area contributed by atoms with Crippen molar-refractivity contribution < 1.29 is 0 Å². The second-order valence-corrected chi connectivity index (χ2v) is 15.4. The lowest BCUT2D eigenvalue weighted by atomic mass is 10.0. The molecule has 0 unspecified atom stereocenters. The zero-order chi connectivity index (χ0) is 37.5. The van der Waals surface area contributed by atoms with Crippen molar-refractivity contribution in [2.75, 3.05) is 0 Å². The summed E-state index contributed by atoms with van der Waals surface area (Å²) in [7, 11) is 0. The number of aromatic nitrogens is 5. The molecule has 6 heteroatoms. The quantitative estimate of drug-likeness (QED) is 0.176. The maximum atomic E-state index is 5.34. The van der Waals surface area contributed by atoms with E-state index in [2.05, 4.69) is 173 Å². The van der Waals surface area contributed by atoms with Gasteiger partial charge in [-0.1, -0.05) is 158 Å². The number of para-hydroxylation sites is 3. The first-order valence-corrected chi connectivity index (χ1v) is 19.9. The smallest absolute Gasteiger partial charge is 0.238 e. The van der Waals surface area contributed by atoms with Crippen LogP contribution < -0.4 is 0 Å². The minimum atomic E-state index is 0.587. The zero-order valence-corrected chi connectivity index (χ0v) is 31.4. The molecule has 12 rings (SSSR count). The normalized spacial score (nSPS) is 11.9. The fraction of sp³-hybridized carbons (Fsp3) is 0. The number of hydrogen-bond acceptors (Lipinski definition) is 4. The van der Waals surface area contributed by atoms with Crippen molar-refractivity contribution in [3.8, 4) is 45.5 Å². The molecule has 8 aromatic carbocycles. The van der Waals surface area contributed by atoms with Crippen LogP contribution in [0.1, 0.15) is 0 Å². The van der Waals surface area contributed by atoms with E-state index in [1.807, 2.05) is 35.6 Å². The summed E-state index contributed by atoms with van der Waals surface area (Å²) in [6, 6.07) is 66.4. The van der Waals surface area contributed by atoms with Crippen LogP contribution in [0.2, 0.25) is 0 Å². The molecule has 0 aliphatic rings. The van der Waals surface area contributed by atoms with E-state index in [1.165, 1.54) is 47.4 Å². The average Bonchev–Trinajstić information content (AvgIpc) is 3.95. The second kappa shape index (κ2) is 12.6. The topological polar surface area (TPSA) is 48.5 Å². The van der Waals surface area contributed by atoms with Gasteiger partial charge in [-0.3, -0.25) is 4.57 Å². The van der Waals surface area contributed by atoms with Gasteiger partial charge in [0, 0.05) is 49.1 Å². The van der Waals surface area contributed by atoms with Gasteiger partial charge in [-0.2, -0.15) is 9.97 Å². The molecule has 4 aromatic heterocycles. The molecule has 0 N–H and O–H groups in total. The van der Waals surface area contributed by atoms with Gasteiger partial charge in [0.15, 0.2) is 11.6 Å². The molecule has 266 valence electrons. The van der Waals surface area contributed by atoms with E-state index in [4.69, 9.17) is 15.0 Å². The van der Waals surface area contributed by atoms with Crippen molar-refractivity contribution in [3.63, 3.8) is 0 Å². The van der Waals surface area contributed by atoms with Crippen LogP contribution in [0.25, 0.3) is 109 Å². The Balaban J connectivity index is 1.18. The molecule has 5 nitrogen and oxygen atoms in total.